The number of rotatable bonds is 6. The van der Waals surface area contributed by atoms with Crippen LogP contribution < -0.4 is 5.32 Å². The normalized spacial score (nSPS) is 11.3. The average molecular weight is 499 g/mol. The summed E-state index contributed by atoms with van der Waals surface area (Å²) in [6.45, 7) is 8.63. The quantitative estimate of drug-likeness (QED) is 0.355. The van der Waals surface area contributed by atoms with Crippen molar-refractivity contribution in [3.05, 3.63) is 36.9 Å². The van der Waals surface area contributed by atoms with Gasteiger partial charge >= 0.3 is 0 Å². The van der Waals surface area contributed by atoms with Crippen LogP contribution >= 0.6 is 58.3 Å². The molecule has 2 rings (SSSR count). The molecule has 134 valence electrons. The van der Waals surface area contributed by atoms with Crippen LogP contribution in [-0.4, -0.2) is 36.0 Å². The molecule has 8 heteroatoms. The molecule has 0 bridgehead atoms. The summed E-state index contributed by atoms with van der Waals surface area (Å²) >= 11 is 9.38. The Labute approximate surface area is 174 Å². The number of aromatic nitrogens is 1. The Hall–Kier alpha value is -0.380. The molecule has 0 radical (unpaired) electrons. The summed E-state index contributed by atoms with van der Waals surface area (Å²) in [4.78, 5) is 13.9. The highest BCUT2D eigenvalue weighted by molar-refractivity contribution is 14.0. The van der Waals surface area contributed by atoms with Gasteiger partial charge in [-0.15, -0.1) is 46.7 Å². The Bertz CT molecular complexity index is 669. The molecule has 0 spiro atoms. The zero-order valence-corrected chi connectivity index (χ0v) is 19.1. The first kappa shape index (κ1) is 21.7. The molecule has 0 saturated heterocycles. The molecule has 0 amide bonds. The van der Waals surface area contributed by atoms with Gasteiger partial charge in [0.05, 0.1) is 21.6 Å². The van der Waals surface area contributed by atoms with Gasteiger partial charge in [-0.2, -0.15) is 0 Å². The molecule has 0 aliphatic heterocycles. The lowest BCUT2D eigenvalue weighted by Crippen LogP contribution is -2.38. The molecule has 0 aliphatic rings. The predicted octanol–water partition coefficient (Wildman–Crippen LogP) is 4.73. The summed E-state index contributed by atoms with van der Waals surface area (Å²) in [6, 6.07) is 4.00. The van der Waals surface area contributed by atoms with Gasteiger partial charge in [0.25, 0.3) is 0 Å². The number of halogens is 2. The number of aryl methyl sites for hydroxylation is 2. The summed E-state index contributed by atoms with van der Waals surface area (Å²) < 4.78 is 0.825. The zero-order chi connectivity index (χ0) is 16.8. The van der Waals surface area contributed by atoms with E-state index in [1.807, 2.05) is 6.07 Å². The van der Waals surface area contributed by atoms with E-state index in [9.17, 15) is 0 Å². The maximum atomic E-state index is 6.00. The van der Waals surface area contributed by atoms with E-state index in [1.54, 1.807) is 22.7 Å². The molecular weight excluding hydrogens is 475 g/mol. The van der Waals surface area contributed by atoms with E-state index >= 15 is 0 Å². The molecule has 0 saturated carbocycles. The molecule has 0 unspecified atom stereocenters. The van der Waals surface area contributed by atoms with Crippen LogP contribution in [0.4, 0.5) is 0 Å². The number of thiophene rings is 1. The molecule has 0 aromatic carbocycles. The molecule has 0 atom stereocenters. The summed E-state index contributed by atoms with van der Waals surface area (Å²) in [6.07, 6.45) is 0.935. The molecule has 24 heavy (non-hydrogen) atoms. The Morgan fingerprint density at radius 3 is 2.62 bits per heavy atom. The molecule has 2 heterocycles. The molecule has 2 aromatic heterocycles. The van der Waals surface area contributed by atoms with Gasteiger partial charge in [0.2, 0.25) is 0 Å². The summed E-state index contributed by atoms with van der Waals surface area (Å²) in [5, 5.41) is 4.48. The van der Waals surface area contributed by atoms with Crippen LogP contribution in [0, 0.1) is 13.8 Å². The highest BCUT2D eigenvalue weighted by Crippen LogP contribution is 2.22. The molecule has 0 aliphatic carbocycles. The minimum Gasteiger partial charge on any atom is -0.357 e. The zero-order valence-electron chi connectivity index (χ0n) is 14.4. The SMILES string of the molecule is CCNC(=NCCc1sc(C)nc1C)N(C)Cc1ccc(Cl)s1.I. The largest absolute Gasteiger partial charge is 0.357 e. The highest BCUT2D eigenvalue weighted by atomic mass is 127. The van der Waals surface area contributed by atoms with E-state index in [1.165, 1.54) is 9.75 Å². The van der Waals surface area contributed by atoms with Crippen LogP contribution in [0.5, 0.6) is 0 Å². The van der Waals surface area contributed by atoms with Crippen molar-refractivity contribution in [2.45, 2.75) is 33.7 Å². The van der Waals surface area contributed by atoms with E-state index < -0.39 is 0 Å². The predicted molar refractivity (Wildman–Crippen MR) is 117 cm³/mol. The van der Waals surface area contributed by atoms with Gasteiger partial charge < -0.3 is 10.2 Å². The van der Waals surface area contributed by atoms with Crippen molar-refractivity contribution in [3.63, 3.8) is 0 Å². The van der Waals surface area contributed by atoms with Crippen molar-refractivity contribution in [2.24, 2.45) is 4.99 Å². The number of aliphatic imine (C=N–C) groups is 1. The van der Waals surface area contributed by atoms with Crippen molar-refractivity contribution < 1.29 is 0 Å². The highest BCUT2D eigenvalue weighted by Gasteiger charge is 2.09. The van der Waals surface area contributed by atoms with Crippen molar-refractivity contribution >= 4 is 64.2 Å². The van der Waals surface area contributed by atoms with E-state index in [2.05, 4.69) is 49.1 Å². The third-order valence-electron chi connectivity index (χ3n) is 3.32. The van der Waals surface area contributed by atoms with Gasteiger partial charge in [-0.05, 0) is 32.9 Å². The lowest BCUT2D eigenvalue weighted by Gasteiger charge is -2.21. The van der Waals surface area contributed by atoms with E-state index in [4.69, 9.17) is 16.6 Å². The Morgan fingerprint density at radius 2 is 2.08 bits per heavy atom. The minimum absolute atomic E-state index is 0. The maximum absolute atomic E-state index is 6.00. The van der Waals surface area contributed by atoms with Crippen molar-refractivity contribution in [1.29, 1.82) is 0 Å². The molecule has 1 N–H and O–H groups in total. The molecule has 4 nitrogen and oxygen atoms in total. The monoisotopic (exact) mass is 498 g/mol. The fraction of sp³-hybridized carbons (Fsp3) is 0.500. The second-order valence-corrected chi connectivity index (χ2v) is 8.38. The summed E-state index contributed by atoms with van der Waals surface area (Å²) in [7, 11) is 2.05. The Balaban J connectivity index is 0.00000288. The number of nitrogens with zero attached hydrogens (tertiary/aromatic N) is 3. The van der Waals surface area contributed by atoms with Gasteiger partial charge in [-0.1, -0.05) is 11.6 Å². The maximum Gasteiger partial charge on any atom is 0.193 e. The molecular formula is C16H24ClIN4S2. The fourth-order valence-corrected chi connectivity index (χ4v) is 4.35. The Kier molecular flexibility index (Phi) is 9.54. The van der Waals surface area contributed by atoms with Crippen LogP contribution in [-0.2, 0) is 13.0 Å². The second-order valence-electron chi connectivity index (χ2n) is 5.29. The fourth-order valence-electron chi connectivity index (χ4n) is 2.28. The van der Waals surface area contributed by atoms with Gasteiger partial charge in [0, 0.05) is 36.3 Å². The Morgan fingerprint density at radius 1 is 1.33 bits per heavy atom. The van der Waals surface area contributed by atoms with Crippen LogP contribution in [0.25, 0.3) is 0 Å². The summed E-state index contributed by atoms with van der Waals surface area (Å²) in [5.74, 6) is 0.927. The third-order valence-corrected chi connectivity index (χ3v) is 5.67. The van der Waals surface area contributed by atoms with Gasteiger partial charge in [-0.3, -0.25) is 4.99 Å². The number of thiazole rings is 1. The number of hydrogen-bond donors (Lipinski definition) is 1. The van der Waals surface area contributed by atoms with E-state index in [0.717, 1.165) is 47.1 Å². The van der Waals surface area contributed by atoms with Gasteiger partial charge in [-0.25, -0.2) is 4.98 Å². The number of nitrogens with one attached hydrogen (secondary N) is 1. The third kappa shape index (κ3) is 6.50. The number of hydrogen-bond acceptors (Lipinski definition) is 4. The van der Waals surface area contributed by atoms with Crippen LogP contribution in [0.3, 0.4) is 0 Å². The summed E-state index contributed by atoms with van der Waals surface area (Å²) in [5.41, 5.74) is 1.13. The smallest absolute Gasteiger partial charge is 0.193 e. The van der Waals surface area contributed by atoms with Crippen LogP contribution in [0.1, 0.15) is 27.4 Å². The second kappa shape index (κ2) is 10.6. The first-order valence-corrected chi connectivity index (χ1v) is 9.67. The van der Waals surface area contributed by atoms with Crippen LogP contribution in [0.2, 0.25) is 4.34 Å². The first-order valence-electron chi connectivity index (χ1n) is 7.66. The van der Waals surface area contributed by atoms with Gasteiger partial charge in [0.1, 0.15) is 0 Å². The molecule has 0 fully saturated rings. The lowest BCUT2D eigenvalue weighted by atomic mass is 10.3. The lowest BCUT2D eigenvalue weighted by molar-refractivity contribution is 0.481. The van der Waals surface area contributed by atoms with Crippen molar-refractivity contribution in [2.75, 3.05) is 20.1 Å². The molecule has 2 aromatic rings. The topological polar surface area (TPSA) is 40.5 Å². The minimum atomic E-state index is 0. The van der Waals surface area contributed by atoms with Crippen molar-refractivity contribution in [3.8, 4) is 0 Å². The first-order chi connectivity index (χ1) is 11.0. The average Bonchev–Trinajstić information content (AvgIpc) is 3.03. The van der Waals surface area contributed by atoms with Crippen LogP contribution in [0.15, 0.2) is 17.1 Å². The van der Waals surface area contributed by atoms with Crippen molar-refractivity contribution in [1.82, 2.24) is 15.2 Å². The van der Waals surface area contributed by atoms with Gasteiger partial charge in [0.15, 0.2) is 5.96 Å². The number of guanidine groups is 1. The standard InChI is InChI=1S/C16H23ClN4S2.HI/c1-5-18-16(21(4)10-13-6-7-15(17)23-13)19-9-8-14-11(2)20-12(3)22-14;/h6-7H,5,8-10H2,1-4H3,(H,18,19);1H. The van der Waals surface area contributed by atoms with E-state index in [0.29, 0.717) is 0 Å². The van der Waals surface area contributed by atoms with E-state index in [-0.39, 0.29) is 24.0 Å².